The van der Waals surface area contributed by atoms with E-state index < -0.39 is 7.80 Å². The van der Waals surface area contributed by atoms with Gasteiger partial charge in [-0.2, -0.15) is 0 Å². The van der Waals surface area contributed by atoms with E-state index in [1.165, 1.54) is 0 Å². The van der Waals surface area contributed by atoms with E-state index in [0.29, 0.717) is 12.8 Å². The molecule has 1 rings (SSSR count). The summed E-state index contributed by atoms with van der Waals surface area (Å²) in [5.74, 6) is 0. The van der Waals surface area contributed by atoms with Gasteiger partial charge < -0.3 is 9.47 Å². The van der Waals surface area contributed by atoms with E-state index in [1.807, 2.05) is 0 Å². The van der Waals surface area contributed by atoms with Crippen molar-refractivity contribution in [3.63, 3.8) is 0 Å². The van der Waals surface area contributed by atoms with Gasteiger partial charge in [0.15, 0.2) is 6.16 Å². The van der Waals surface area contributed by atoms with Gasteiger partial charge >= 0.3 is 7.80 Å². The molecule has 0 aromatic carbocycles. The van der Waals surface area contributed by atoms with Crippen molar-refractivity contribution in [2.24, 2.45) is 0 Å². The standard InChI is InChI=1S/C6H11BrO3P/c1-11(8)4-6-9-3-5(2-7)10-6/h5-6H,2-4H2,1H3/q+1/t5-,6?/m1/s1. The van der Waals surface area contributed by atoms with Gasteiger partial charge in [-0.05, 0) is 0 Å². The third-order valence-electron chi connectivity index (χ3n) is 1.39. The molecule has 0 amide bonds. The molecule has 2 unspecified atom stereocenters. The van der Waals surface area contributed by atoms with Crippen LogP contribution in [0.5, 0.6) is 0 Å². The van der Waals surface area contributed by atoms with Crippen LogP contribution in [0.25, 0.3) is 0 Å². The average Bonchev–Trinajstić information content (AvgIpc) is 2.34. The highest BCUT2D eigenvalue weighted by Gasteiger charge is 2.29. The SMILES string of the molecule is C[P+](=O)CC1OC[C@@H](CBr)O1. The quantitative estimate of drug-likeness (QED) is 0.556. The van der Waals surface area contributed by atoms with Gasteiger partial charge in [0.25, 0.3) is 0 Å². The van der Waals surface area contributed by atoms with Crippen molar-refractivity contribution >= 4 is 23.7 Å². The van der Waals surface area contributed by atoms with Gasteiger partial charge in [0.2, 0.25) is 6.29 Å². The Labute approximate surface area is 75.4 Å². The van der Waals surface area contributed by atoms with E-state index in [-0.39, 0.29) is 12.4 Å². The Hall–Kier alpha value is 0.500. The summed E-state index contributed by atoms with van der Waals surface area (Å²) < 4.78 is 21.4. The van der Waals surface area contributed by atoms with Crippen molar-refractivity contribution in [3.05, 3.63) is 0 Å². The molecule has 5 heteroatoms. The molecule has 1 fully saturated rings. The molecule has 1 saturated heterocycles. The van der Waals surface area contributed by atoms with Gasteiger partial charge in [-0.25, -0.2) is 0 Å². The molecule has 0 aromatic rings. The Kier molecular flexibility index (Phi) is 3.93. The maximum Gasteiger partial charge on any atom is 0.340 e. The van der Waals surface area contributed by atoms with Gasteiger partial charge in [0, 0.05) is 5.33 Å². The molecular formula is C6H11BrO3P+. The summed E-state index contributed by atoms with van der Waals surface area (Å²) in [5.41, 5.74) is 0. The molecule has 0 spiro atoms. The minimum atomic E-state index is -1.15. The van der Waals surface area contributed by atoms with Crippen LogP contribution in [-0.4, -0.2) is 37.2 Å². The van der Waals surface area contributed by atoms with Crippen LogP contribution in [-0.2, 0) is 14.0 Å². The molecule has 64 valence electrons. The number of hydrogen-bond donors (Lipinski definition) is 0. The molecule has 1 heterocycles. The van der Waals surface area contributed by atoms with Crippen molar-refractivity contribution in [2.75, 3.05) is 24.8 Å². The molecule has 0 aliphatic carbocycles. The zero-order valence-electron chi connectivity index (χ0n) is 6.33. The highest BCUT2D eigenvalue weighted by molar-refractivity contribution is 9.09. The molecule has 3 atom stereocenters. The second-order valence-electron chi connectivity index (χ2n) is 2.49. The summed E-state index contributed by atoms with van der Waals surface area (Å²) in [6.07, 6.45) is 0.403. The van der Waals surface area contributed by atoms with Gasteiger partial charge in [-0.3, -0.25) is 0 Å². The van der Waals surface area contributed by atoms with Crippen LogP contribution < -0.4 is 0 Å². The first kappa shape index (κ1) is 9.59. The Morgan fingerprint density at radius 3 is 2.91 bits per heavy atom. The number of ether oxygens (including phenoxy) is 2. The Morgan fingerprint density at radius 1 is 1.73 bits per heavy atom. The lowest BCUT2D eigenvalue weighted by molar-refractivity contribution is -0.0352. The van der Waals surface area contributed by atoms with E-state index in [0.717, 1.165) is 5.33 Å². The van der Waals surface area contributed by atoms with Crippen LogP contribution in [0.1, 0.15) is 0 Å². The van der Waals surface area contributed by atoms with Gasteiger partial charge in [-0.1, -0.05) is 20.5 Å². The number of halogens is 1. The molecule has 1 aliphatic rings. The third kappa shape index (κ3) is 3.16. The number of alkyl halides is 1. The van der Waals surface area contributed by atoms with Crippen LogP contribution in [0.4, 0.5) is 0 Å². The summed E-state index contributed by atoms with van der Waals surface area (Å²) in [7, 11) is -1.15. The predicted octanol–water partition coefficient (Wildman–Crippen LogP) is 1.58. The number of rotatable bonds is 3. The fourth-order valence-corrected chi connectivity index (χ4v) is 1.85. The van der Waals surface area contributed by atoms with Gasteiger partial charge in [-0.15, -0.1) is 0 Å². The van der Waals surface area contributed by atoms with Gasteiger partial charge in [0.05, 0.1) is 12.7 Å². The lowest BCUT2D eigenvalue weighted by Crippen LogP contribution is -2.14. The van der Waals surface area contributed by atoms with E-state index in [2.05, 4.69) is 15.9 Å². The van der Waals surface area contributed by atoms with E-state index in [4.69, 9.17) is 9.47 Å². The van der Waals surface area contributed by atoms with Gasteiger partial charge in [0.1, 0.15) is 6.66 Å². The minimum absolute atomic E-state index is 0.134. The second-order valence-corrected chi connectivity index (χ2v) is 4.75. The zero-order chi connectivity index (χ0) is 8.27. The van der Waals surface area contributed by atoms with Crippen LogP contribution in [0.3, 0.4) is 0 Å². The number of hydrogen-bond acceptors (Lipinski definition) is 3. The van der Waals surface area contributed by atoms with Crippen LogP contribution in [0.2, 0.25) is 0 Å². The monoisotopic (exact) mass is 241 g/mol. The molecule has 11 heavy (non-hydrogen) atoms. The molecule has 0 aromatic heterocycles. The summed E-state index contributed by atoms with van der Waals surface area (Å²) in [6.45, 7) is 2.29. The first-order valence-corrected chi connectivity index (χ1v) is 6.45. The van der Waals surface area contributed by atoms with E-state index in [9.17, 15) is 4.57 Å². The normalized spacial score (nSPS) is 32.4. The Morgan fingerprint density at radius 2 is 2.45 bits per heavy atom. The Bertz CT molecular complexity index is 153. The largest absolute Gasteiger partial charge is 0.346 e. The predicted molar refractivity (Wildman–Crippen MR) is 46.8 cm³/mol. The third-order valence-corrected chi connectivity index (χ3v) is 2.93. The zero-order valence-corrected chi connectivity index (χ0v) is 8.81. The highest BCUT2D eigenvalue weighted by Crippen LogP contribution is 2.22. The van der Waals surface area contributed by atoms with Crippen molar-refractivity contribution in [2.45, 2.75) is 12.4 Å². The highest BCUT2D eigenvalue weighted by atomic mass is 79.9. The van der Waals surface area contributed by atoms with E-state index >= 15 is 0 Å². The van der Waals surface area contributed by atoms with Crippen molar-refractivity contribution < 1.29 is 14.0 Å². The molecular weight excluding hydrogens is 231 g/mol. The summed E-state index contributed by atoms with van der Waals surface area (Å²) in [5, 5.41) is 0.782. The van der Waals surface area contributed by atoms with Crippen molar-refractivity contribution in [3.8, 4) is 0 Å². The van der Waals surface area contributed by atoms with Crippen molar-refractivity contribution in [1.29, 1.82) is 0 Å². The summed E-state index contributed by atoms with van der Waals surface area (Å²) >= 11 is 3.29. The first-order valence-electron chi connectivity index (χ1n) is 3.43. The fourth-order valence-electron chi connectivity index (χ4n) is 0.894. The average molecular weight is 242 g/mol. The maximum atomic E-state index is 10.8. The molecule has 0 bridgehead atoms. The van der Waals surface area contributed by atoms with E-state index in [1.54, 1.807) is 6.66 Å². The lowest BCUT2D eigenvalue weighted by Gasteiger charge is -2.02. The first-order chi connectivity index (χ1) is 5.22. The fraction of sp³-hybridized carbons (Fsp3) is 1.00. The molecule has 0 radical (unpaired) electrons. The molecule has 0 N–H and O–H groups in total. The maximum absolute atomic E-state index is 10.8. The van der Waals surface area contributed by atoms with Crippen LogP contribution >= 0.6 is 23.7 Å². The second kappa shape index (κ2) is 4.51. The minimum Gasteiger partial charge on any atom is -0.346 e. The van der Waals surface area contributed by atoms with Crippen LogP contribution in [0, 0.1) is 0 Å². The summed E-state index contributed by atoms with van der Waals surface area (Å²) in [4.78, 5) is 0. The molecule has 1 aliphatic heterocycles. The molecule has 0 saturated carbocycles. The molecule has 3 nitrogen and oxygen atoms in total. The van der Waals surface area contributed by atoms with Crippen LogP contribution in [0.15, 0.2) is 0 Å². The lowest BCUT2D eigenvalue weighted by atomic mass is 10.5. The summed E-state index contributed by atoms with van der Waals surface area (Å²) in [6, 6.07) is 0. The smallest absolute Gasteiger partial charge is 0.340 e. The van der Waals surface area contributed by atoms with Crippen molar-refractivity contribution in [1.82, 2.24) is 0 Å². The Balaban J connectivity index is 2.24. The topological polar surface area (TPSA) is 35.5 Å².